The summed E-state index contributed by atoms with van der Waals surface area (Å²) in [6.07, 6.45) is 0.453. The van der Waals surface area contributed by atoms with Gasteiger partial charge in [-0.2, -0.15) is 5.10 Å². The highest BCUT2D eigenvalue weighted by Crippen LogP contribution is 2.42. The third-order valence-corrected chi connectivity index (χ3v) is 9.09. The van der Waals surface area contributed by atoms with Gasteiger partial charge in [-0.05, 0) is 60.2 Å². The van der Waals surface area contributed by atoms with Crippen molar-refractivity contribution in [1.29, 1.82) is 0 Å². The van der Waals surface area contributed by atoms with E-state index in [0.717, 1.165) is 22.6 Å². The second-order valence-corrected chi connectivity index (χ2v) is 12.0. The fourth-order valence-corrected chi connectivity index (χ4v) is 6.54. The second kappa shape index (κ2) is 15.6. The average Bonchev–Trinajstić information content (AvgIpc) is 3.80. The van der Waals surface area contributed by atoms with Gasteiger partial charge in [-0.15, -0.1) is 10.2 Å². The molecular weight excluding hydrogens is 657 g/mol. The Bertz CT molecular complexity index is 2000. The number of ether oxygens (including phenoxy) is 4. The van der Waals surface area contributed by atoms with E-state index < -0.39 is 6.04 Å². The van der Waals surface area contributed by atoms with Crippen molar-refractivity contribution in [3.05, 3.63) is 120 Å². The molecule has 1 N–H and O–H groups in total. The van der Waals surface area contributed by atoms with Gasteiger partial charge in [0.15, 0.2) is 22.5 Å². The van der Waals surface area contributed by atoms with Crippen LogP contribution in [0.25, 0.3) is 5.69 Å². The summed E-state index contributed by atoms with van der Waals surface area (Å²) in [6.45, 7) is 0.0899. The number of thioether (sulfide) groups is 1. The van der Waals surface area contributed by atoms with Crippen molar-refractivity contribution in [3.63, 3.8) is 0 Å². The van der Waals surface area contributed by atoms with Crippen LogP contribution in [-0.2, 0) is 11.3 Å². The molecule has 4 aromatic carbocycles. The molecule has 50 heavy (non-hydrogen) atoms. The molecule has 12 nitrogen and oxygen atoms in total. The minimum absolute atomic E-state index is 0.00810. The highest BCUT2D eigenvalue weighted by atomic mass is 32.2. The summed E-state index contributed by atoms with van der Waals surface area (Å²) in [6, 6.07) is 29.1. The Hall–Kier alpha value is -5.82. The molecular formula is C37H36N6O6S. The van der Waals surface area contributed by atoms with Gasteiger partial charge < -0.3 is 24.3 Å². The molecule has 1 aliphatic rings. The molecule has 1 aromatic heterocycles. The SMILES string of the molecule is COc1ccc(C2=NN(C(=O)CSc3nnc(CNC(=O)c4ccccc4)n3-c3ccccc3OC)[C@H](c3cccc(OC)c3OC)C2)cc1. The van der Waals surface area contributed by atoms with Crippen LogP contribution in [0.2, 0.25) is 0 Å². The quantitative estimate of drug-likeness (QED) is 0.155. The third-order valence-electron chi connectivity index (χ3n) is 8.18. The van der Waals surface area contributed by atoms with Crippen LogP contribution in [-0.4, -0.2) is 71.5 Å². The minimum Gasteiger partial charge on any atom is -0.497 e. The van der Waals surface area contributed by atoms with Crippen LogP contribution in [0, 0.1) is 0 Å². The highest BCUT2D eigenvalue weighted by molar-refractivity contribution is 7.99. The number of nitrogens with one attached hydrogen (secondary N) is 1. The first-order valence-electron chi connectivity index (χ1n) is 15.7. The number of nitrogens with zero attached hydrogens (tertiary/aromatic N) is 5. The van der Waals surface area contributed by atoms with Gasteiger partial charge in [-0.3, -0.25) is 14.2 Å². The van der Waals surface area contributed by atoms with Crippen LogP contribution in [0.5, 0.6) is 23.0 Å². The first-order chi connectivity index (χ1) is 24.4. The standard InChI is InChI=1S/C37H36N6O6S/c1-46-26-19-17-24(18-20-26)28-21-30(27-13-10-16-32(48-3)35(27)49-4)43(41-28)34(44)23-50-37-40-39-33(22-38-36(45)25-11-6-5-7-12-25)42(37)29-14-8-9-15-31(29)47-2/h5-20,30H,21-23H2,1-4H3,(H,38,45)/t30-/m0/s1. The van der Waals surface area contributed by atoms with Crippen molar-refractivity contribution in [2.24, 2.45) is 5.10 Å². The summed E-state index contributed by atoms with van der Waals surface area (Å²) >= 11 is 1.21. The number of carbonyl (C=O) groups excluding carboxylic acids is 2. The molecule has 0 bridgehead atoms. The van der Waals surface area contributed by atoms with Crippen molar-refractivity contribution in [2.75, 3.05) is 34.2 Å². The number of hydrogen-bond donors (Lipinski definition) is 1. The maximum Gasteiger partial charge on any atom is 0.253 e. The number of hydrazone groups is 1. The monoisotopic (exact) mass is 692 g/mol. The van der Waals surface area contributed by atoms with Crippen LogP contribution in [0.3, 0.4) is 0 Å². The Morgan fingerprint density at radius 1 is 0.800 bits per heavy atom. The Morgan fingerprint density at radius 3 is 2.24 bits per heavy atom. The van der Waals surface area contributed by atoms with Gasteiger partial charge >= 0.3 is 0 Å². The van der Waals surface area contributed by atoms with Crippen molar-refractivity contribution in [2.45, 2.75) is 24.2 Å². The smallest absolute Gasteiger partial charge is 0.253 e. The van der Waals surface area contributed by atoms with Crippen molar-refractivity contribution >= 4 is 29.3 Å². The summed E-state index contributed by atoms with van der Waals surface area (Å²) in [5, 5.41) is 18.6. The van der Waals surface area contributed by atoms with Crippen LogP contribution in [0.1, 0.15) is 39.8 Å². The van der Waals surface area contributed by atoms with Gasteiger partial charge in [0.1, 0.15) is 11.5 Å². The summed E-state index contributed by atoms with van der Waals surface area (Å²) in [4.78, 5) is 27.0. The Kier molecular flexibility index (Phi) is 10.6. The van der Waals surface area contributed by atoms with E-state index in [1.807, 2.05) is 72.8 Å². The zero-order valence-corrected chi connectivity index (χ0v) is 28.8. The van der Waals surface area contributed by atoms with E-state index in [4.69, 9.17) is 24.0 Å². The molecule has 0 radical (unpaired) electrons. The van der Waals surface area contributed by atoms with Gasteiger partial charge in [0.25, 0.3) is 11.8 Å². The molecule has 0 unspecified atom stereocenters. The van der Waals surface area contributed by atoms with E-state index in [1.54, 1.807) is 57.3 Å². The Morgan fingerprint density at radius 2 is 1.52 bits per heavy atom. The molecule has 0 saturated heterocycles. The van der Waals surface area contributed by atoms with Crippen LogP contribution >= 0.6 is 11.8 Å². The predicted molar refractivity (Wildman–Crippen MR) is 190 cm³/mol. The first kappa shape index (κ1) is 34.1. The van der Waals surface area contributed by atoms with Gasteiger partial charge in [-0.1, -0.05) is 54.2 Å². The van der Waals surface area contributed by atoms with Crippen LogP contribution in [0.15, 0.2) is 107 Å². The molecule has 256 valence electrons. The second-order valence-electron chi connectivity index (χ2n) is 11.1. The van der Waals surface area contributed by atoms with E-state index in [2.05, 4.69) is 15.5 Å². The number of aromatic nitrogens is 3. The van der Waals surface area contributed by atoms with Crippen molar-refractivity contribution in [3.8, 4) is 28.7 Å². The summed E-state index contributed by atoms with van der Waals surface area (Å²) in [5.74, 6) is 2.36. The molecule has 1 atom stereocenters. The topological polar surface area (TPSA) is 129 Å². The summed E-state index contributed by atoms with van der Waals surface area (Å²) in [7, 11) is 6.35. The number of benzene rings is 4. The van der Waals surface area contributed by atoms with Crippen LogP contribution < -0.4 is 24.3 Å². The fraction of sp³-hybridized carbons (Fsp3) is 0.216. The number of methoxy groups -OCH3 is 4. The molecule has 5 aromatic rings. The minimum atomic E-state index is -0.457. The first-order valence-corrected chi connectivity index (χ1v) is 16.7. The lowest BCUT2D eigenvalue weighted by Crippen LogP contribution is -2.29. The van der Waals surface area contributed by atoms with E-state index in [1.165, 1.54) is 16.8 Å². The van der Waals surface area contributed by atoms with Gasteiger partial charge in [0.2, 0.25) is 0 Å². The summed E-state index contributed by atoms with van der Waals surface area (Å²) < 4.78 is 24.1. The van der Waals surface area contributed by atoms with Gasteiger partial charge in [0, 0.05) is 17.5 Å². The Labute approximate surface area is 294 Å². The number of rotatable bonds is 13. The maximum atomic E-state index is 14.2. The third kappa shape index (κ3) is 7.13. The molecule has 2 amide bonds. The molecule has 2 heterocycles. The number of para-hydroxylation sites is 3. The van der Waals surface area contributed by atoms with Crippen molar-refractivity contribution in [1.82, 2.24) is 25.1 Å². The van der Waals surface area contributed by atoms with Crippen LogP contribution in [0.4, 0.5) is 0 Å². The normalized spacial score (nSPS) is 13.8. The zero-order valence-electron chi connectivity index (χ0n) is 28.0. The van der Waals surface area contributed by atoms with Gasteiger partial charge in [0.05, 0.1) is 58.2 Å². The molecule has 0 aliphatic carbocycles. The highest BCUT2D eigenvalue weighted by Gasteiger charge is 2.36. The van der Waals surface area contributed by atoms with E-state index in [9.17, 15) is 9.59 Å². The zero-order chi connectivity index (χ0) is 35.0. The largest absolute Gasteiger partial charge is 0.497 e. The van der Waals surface area contributed by atoms with E-state index >= 15 is 0 Å². The number of carbonyl (C=O) groups is 2. The summed E-state index contributed by atoms with van der Waals surface area (Å²) in [5.41, 5.74) is 3.58. The fourth-order valence-electron chi connectivity index (χ4n) is 5.72. The van der Waals surface area contributed by atoms with Gasteiger partial charge in [-0.25, -0.2) is 5.01 Å². The number of amides is 2. The van der Waals surface area contributed by atoms with E-state index in [0.29, 0.717) is 45.9 Å². The molecule has 1 aliphatic heterocycles. The predicted octanol–water partition coefficient (Wildman–Crippen LogP) is 5.70. The molecule has 0 spiro atoms. The molecule has 0 fully saturated rings. The molecule has 0 saturated carbocycles. The maximum absolute atomic E-state index is 14.2. The van der Waals surface area contributed by atoms with E-state index in [-0.39, 0.29) is 24.1 Å². The lowest BCUT2D eigenvalue weighted by Gasteiger charge is -2.24. The lowest BCUT2D eigenvalue weighted by molar-refractivity contribution is -0.130. The average molecular weight is 693 g/mol. The molecule has 6 rings (SSSR count). The number of hydrogen-bond acceptors (Lipinski definition) is 10. The molecule has 13 heteroatoms. The van der Waals surface area contributed by atoms with Crippen molar-refractivity contribution < 1.29 is 28.5 Å². The lowest BCUT2D eigenvalue weighted by atomic mass is 9.97. The Balaban J connectivity index is 1.30.